The van der Waals surface area contributed by atoms with E-state index in [1.165, 1.54) is 0 Å². The average molecular weight is 174 g/mol. The SMILES string of the molecule is [2H]c1c([2H])c([2H])c(C([2H])([2H])C([2H])(O)C(=O)O)c([2H])c1[2H]. The van der Waals surface area contributed by atoms with Crippen molar-refractivity contribution in [3.05, 3.63) is 35.8 Å². The Morgan fingerprint density at radius 1 is 1.67 bits per heavy atom. The molecule has 64 valence electrons. The fourth-order valence-electron chi connectivity index (χ4n) is 0.484. The van der Waals surface area contributed by atoms with E-state index < -0.39 is 54.2 Å². The van der Waals surface area contributed by atoms with Gasteiger partial charge >= 0.3 is 5.97 Å². The minimum Gasteiger partial charge on any atom is -0.479 e. The second-order valence-electron chi connectivity index (χ2n) is 1.78. The summed E-state index contributed by atoms with van der Waals surface area (Å²) in [5, 5.41) is 18.1. The van der Waals surface area contributed by atoms with Crippen molar-refractivity contribution < 1.29 is 26.0 Å². The van der Waals surface area contributed by atoms with Gasteiger partial charge in [0.25, 0.3) is 0 Å². The van der Waals surface area contributed by atoms with Gasteiger partial charge < -0.3 is 10.2 Å². The molecule has 12 heavy (non-hydrogen) atoms. The highest BCUT2D eigenvalue weighted by Crippen LogP contribution is 2.02. The number of carboxylic acids is 1. The van der Waals surface area contributed by atoms with Gasteiger partial charge in [-0.25, -0.2) is 4.79 Å². The summed E-state index contributed by atoms with van der Waals surface area (Å²) in [6.45, 7) is 0. The van der Waals surface area contributed by atoms with Crippen molar-refractivity contribution in [2.24, 2.45) is 0 Å². The number of carbonyl (C=O) groups is 1. The summed E-state index contributed by atoms with van der Waals surface area (Å²) in [6, 6.07) is -4.57. The highest BCUT2D eigenvalue weighted by Gasteiger charge is 2.12. The molecule has 1 aromatic carbocycles. The molecule has 0 fully saturated rings. The Morgan fingerprint density at radius 3 is 2.75 bits per heavy atom. The summed E-state index contributed by atoms with van der Waals surface area (Å²) in [5.41, 5.74) is -1.08. The van der Waals surface area contributed by atoms with Crippen molar-refractivity contribution in [1.82, 2.24) is 0 Å². The molecule has 0 heterocycles. The second kappa shape index (κ2) is 3.88. The maximum atomic E-state index is 10.8. The van der Waals surface area contributed by atoms with Crippen LogP contribution in [0.4, 0.5) is 0 Å². The summed E-state index contributed by atoms with van der Waals surface area (Å²) in [4.78, 5) is 10.8. The quantitative estimate of drug-likeness (QED) is 0.708. The van der Waals surface area contributed by atoms with E-state index >= 15 is 0 Å². The predicted molar refractivity (Wildman–Crippen MR) is 43.8 cm³/mol. The first kappa shape index (κ1) is 2.85. The highest BCUT2D eigenvalue weighted by atomic mass is 16.4. The zero-order chi connectivity index (χ0) is 16.0. The van der Waals surface area contributed by atoms with Crippen LogP contribution in [0.5, 0.6) is 0 Å². The smallest absolute Gasteiger partial charge is 0.332 e. The van der Waals surface area contributed by atoms with Crippen LogP contribution in [-0.2, 0) is 11.2 Å². The molecule has 0 saturated heterocycles. The molecule has 0 saturated carbocycles. The van der Waals surface area contributed by atoms with Crippen molar-refractivity contribution in [1.29, 1.82) is 0 Å². The van der Waals surface area contributed by atoms with Crippen LogP contribution < -0.4 is 0 Å². The zero-order valence-corrected chi connectivity index (χ0v) is 5.80. The first-order valence-corrected chi connectivity index (χ1v) is 2.90. The van der Waals surface area contributed by atoms with E-state index in [4.69, 9.17) is 16.1 Å². The minimum atomic E-state index is -3.71. The van der Waals surface area contributed by atoms with E-state index in [0.717, 1.165) is 0 Å². The number of aliphatic hydroxyl groups is 1. The van der Waals surface area contributed by atoms with Crippen LogP contribution in [0.15, 0.2) is 30.2 Å². The summed E-state index contributed by atoms with van der Waals surface area (Å²) < 4.78 is 59.3. The van der Waals surface area contributed by atoms with E-state index in [0.29, 0.717) is 0 Å². The predicted octanol–water partition coefficient (Wildman–Crippen LogP) is 0.675. The Hall–Kier alpha value is -1.35. The van der Waals surface area contributed by atoms with Gasteiger partial charge in [-0.1, -0.05) is 30.2 Å². The van der Waals surface area contributed by atoms with Gasteiger partial charge in [-0.15, -0.1) is 0 Å². The third-order valence-corrected chi connectivity index (χ3v) is 0.946. The summed E-state index contributed by atoms with van der Waals surface area (Å²) in [5.74, 6) is -2.24. The molecule has 0 amide bonds. The van der Waals surface area contributed by atoms with Gasteiger partial charge in [0.05, 0.1) is 8.22 Å². The number of hydrogen-bond acceptors (Lipinski definition) is 2. The van der Waals surface area contributed by atoms with Crippen LogP contribution in [0.2, 0.25) is 0 Å². The third kappa shape index (κ3) is 2.36. The van der Waals surface area contributed by atoms with Crippen molar-refractivity contribution in [2.75, 3.05) is 0 Å². The molecular weight excluding hydrogens is 156 g/mol. The number of rotatable bonds is 3. The standard InChI is InChI=1S/C9H10O3/c10-8(9(11)12)6-7-4-2-1-3-5-7/h1-5,8,10H,6H2,(H,11,12)/i1D,2D,3D,4D,5D,6D2,8D. The first-order valence-electron chi connectivity index (χ1n) is 6.90. The molecule has 3 heteroatoms. The van der Waals surface area contributed by atoms with Crippen molar-refractivity contribution in [3.8, 4) is 0 Å². The molecule has 0 aromatic heterocycles. The lowest BCUT2D eigenvalue weighted by Crippen LogP contribution is -2.21. The number of benzene rings is 1. The largest absolute Gasteiger partial charge is 0.479 e. The minimum absolute atomic E-state index is 0.789. The molecule has 0 aliphatic rings. The topological polar surface area (TPSA) is 57.5 Å². The highest BCUT2D eigenvalue weighted by molar-refractivity contribution is 5.72. The molecule has 1 unspecified atom stereocenters. The van der Waals surface area contributed by atoms with E-state index in [1.807, 2.05) is 0 Å². The molecule has 2 N–H and O–H groups in total. The van der Waals surface area contributed by atoms with E-state index in [-0.39, 0.29) is 0 Å². The Morgan fingerprint density at radius 2 is 2.25 bits per heavy atom. The number of hydrogen-bond donors (Lipinski definition) is 2. The van der Waals surface area contributed by atoms with Gasteiger partial charge in [-0.05, 0) is 5.56 Å². The van der Waals surface area contributed by atoms with E-state index in [1.54, 1.807) is 0 Å². The van der Waals surface area contributed by atoms with Crippen LogP contribution in [-0.4, -0.2) is 22.3 Å². The normalized spacial score (nSPS) is 25.8. The van der Waals surface area contributed by atoms with Crippen molar-refractivity contribution in [2.45, 2.75) is 12.5 Å². The molecule has 0 bridgehead atoms. The monoisotopic (exact) mass is 174 g/mol. The molecular formula is C9H10O3. The number of aliphatic carboxylic acids is 1. The fourth-order valence-corrected chi connectivity index (χ4v) is 0.484. The maximum absolute atomic E-state index is 10.8. The van der Waals surface area contributed by atoms with Crippen molar-refractivity contribution >= 4 is 5.97 Å². The van der Waals surface area contributed by atoms with E-state index in [2.05, 4.69) is 0 Å². The van der Waals surface area contributed by atoms with Crippen LogP contribution in [0, 0.1) is 0 Å². The molecule has 1 atom stereocenters. The molecule has 0 aliphatic carbocycles. The van der Waals surface area contributed by atoms with Gasteiger partial charge in [0.1, 0.15) is 0 Å². The summed E-state index contributed by atoms with van der Waals surface area (Å²) >= 11 is 0. The zero-order valence-electron chi connectivity index (χ0n) is 13.8. The van der Waals surface area contributed by atoms with Gasteiger partial charge in [0.2, 0.25) is 0 Å². The summed E-state index contributed by atoms with van der Waals surface area (Å²) in [6.07, 6.45) is -7.12. The summed E-state index contributed by atoms with van der Waals surface area (Å²) in [7, 11) is 0. The molecule has 0 radical (unpaired) electrons. The molecule has 3 nitrogen and oxygen atoms in total. The van der Waals surface area contributed by atoms with E-state index in [9.17, 15) is 9.90 Å². The molecule has 0 aliphatic heterocycles. The lowest BCUT2D eigenvalue weighted by atomic mass is 10.1. The average Bonchev–Trinajstić information content (AvgIpc) is 2.33. The molecule has 1 rings (SSSR count). The van der Waals surface area contributed by atoms with Crippen LogP contribution in [0.25, 0.3) is 0 Å². The number of carboxylic acid groups (broad SMARTS) is 1. The maximum Gasteiger partial charge on any atom is 0.332 e. The third-order valence-electron chi connectivity index (χ3n) is 0.946. The van der Waals surface area contributed by atoms with Crippen LogP contribution >= 0.6 is 0 Å². The van der Waals surface area contributed by atoms with Crippen molar-refractivity contribution in [3.63, 3.8) is 0 Å². The Bertz CT molecular complexity index is 554. The van der Waals surface area contributed by atoms with Gasteiger partial charge in [-0.3, -0.25) is 0 Å². The lowest BCUT2D eigenvalue weighted by molar-refractivity contribution is -0.146. The van der Waals surface area contributed by atoms with Gasteiger partial charge in [-0.2, -0.15) is 0 Å². The Kier molecular flexibility index (Phi) is 0.921. The van der Waals surface area contributed by atoms with Gasteiger partial charge in [0.15, 0.2) is 6.08 Å². The lowest BCUT2D eigenvalue weighted by Gasteiger charge is -2.03. The Balaban J connectivity index is 3.76. The molecule has 0 spiro atoms. The fraction of sp³-hybridized carbons (Fsp3) is 0.222. The van der Waals surface area contributed by atoms with Gasteiger partial charge in [0, 0.05) is 9.11 Å². The first-order chi connectivity index (χ1) is 8.87. The van der Waals surface area contributed by atoms with Crippen LogP contribution in [0.1, 0.15) is 16.5 Å². The van der Waals surface area contributed by atoms with Crippen LogP contribution in [0.3, 0.4) is 0 Å². The second-order valence-corrected chi connectivity index (χ2v) is 1.78. The molecule has 1 aromatic rings. The Labute approximate surface area is 81.5 Å².